The summed E-state index contributed by atoms with van der Waals surface area (Å²) in [4.78, 5) is 2.38. The molecule has 1 N–H and O–H groups in total. The number of aromatic hydroxyl groups is 1. The van der Waals surface area contributed by atoms with Gasteiger partial charge in [0.15, 0.2) is 0 Å². The SMILES string of the molecule is CCN(C1CCCC1)C(C)c1cc(F)ccc1O. The van der Waals surface area contributed by atoms with E-state index >= 15 is 0 Å². The smallest absolute Gasteiger partial charge is 0.123 e. The summed E-state index contributed by atoms with van der Waals surface area (Å²) in [6.07, 6.45) is 4.99. The van der Waals surface area contributed by atoms with Crippen LogP contribution in [-0.4, -0.2) is 22.6 Å². The van der Waals surface area contributed by atoms with Crippen molar-refractivity contribution in [3.8, 4) is 5.75 Å². The number of benzene rings is 1. The van der Waals surface area contributed by atoms with Crippen molar-refractivity contribution in [2.24, 2.45) is 0 Å². The molecule has 3 heteroatoms. The predicted molar refractivity (Wildman–Crippen MR) is 71.1 cm³/mol. The molecule has 1 aliphatic rings. The molecule has 100 valence electrons. The monoisotopic (exact) mass is 251 g/mol. The van der Waals surface area contributed by atoms with Gasteiger partial charge in [0.25, 0.3) is 0 Å². The van der Waals surface area contributed by atoms with Gasteiger partial charge in [-0.05, 0) is 44.5 Å². The quantitative estimate of drug-likeness (QED) is 0.878. The number of halogens is 1. The molecule has 0 aromatic heterocycles. The van der Waals surface area contributed by atoms with Crippen molar-refractivity contribution in [1.29, 1.82) is 0 Å². The number of phenolic OH excluding ortho intramolecular Hbond substituents is 1. The van der Waals surface area contributed by atoms with Crippen LogP contribution in [0.1, 0.15) is 51.1 Å². The van der Waals surface area contributed by atoms with Crippen LogP contribution in [0.5, 0.6) is 5.75 Å². The fraction of sp³-hybridized carbons (Fsp3) is 0.600. The average Bonchev–Trinajstić information content (AvgIpc) is 2.87. The average molecular weight is 251 g/mol. The predicted octanol–water partition coefficient (Wildman–Crippen LogP) is 3.86. The minimum absolute atomic E-state index is 0.0637. The van der Waals surface area contributed by atoms with Crippen molar-refractivity contribution in [3.63, 3.8) is 0 Å². The number of hydrogen-bond donors (Lipinski definition) is 1. The van der Waals surface area contributed by atoms with Gasteiger partial charge in [0.2, 0.25) is 0 Å². The molecule has 0 saturated heterocycles. The lowest BCUT2D eigenvalue weighted by molar-refractivity contribution is 0.152. The Balaban J connectivity index is 2.21. The van der Waals surface area contributed by atoms with E-state index in [4.69, 9.17) is 0 Å². The molecular formula is C15H22FNO. The summed E-state index contributed by atoms with van der Waals surface area (Å²) in [6, 6.07) is 4.85. The summed E-state index contributed by atoms with van der Waals surface area (Å²) in [5.41, 5.74) is 0.698. The molecule has 1 atom stereocenters. The highest BCUT2D eigenvalue weighted by Crippen LogP contribution is 2.34. The molecule has 0 heterocycles. The van der Waals surface area contributed by atoms with E-state index in [2.05, 4.69) is 18.7 Å². The van der Waals surface area contributed by atoms with Gasteiger partial charge in [0, 0.05) is 17.6 Å². The van der Waals surface area contributed by atoms with Gasteiger partial charge in [0.1, 0.15) is 11.6 Å². The molecule has 1 aromatic rings. The second-order valence-corrected chi connectivity index (χ2v) is 5.15. The fourth-order valence-corrected chi connectivity index (χ4v) is 3.12. The van der Waals surface area contributed by atoms with Gasteiger partial charge in [-0.1, -0.05) is 19.8 Å². The lowest BCUT2D eigenvalue weighted by Crippen LogP contribution is -2.35. The zero-order valence-electron chi connectivity index (χ0n) is 11.2. The first kappa shape index (κ1) is 13.3. The highest BCUT2D eigenvalue weighted by molar-refractivity contribution is 5.35. The van der Waals surface area contributed by atoms with Gasteiger partial charge in [-0.2, -0.15) is 0 Å². The summed E-state index contributed by atoms with van der Waals surface area (Å²) in [6.45, 7) is 5.11. The standard InChI is InChI=1S/C15H22FNO/c1-3-17(13-6-4-5-7-13)11(2)14-10-12(16)8-9-15(14)18/h8-11,13,18H,3-7H2,1-2H3. The Labute approximate surface area is 108 Å². The summed E-state index contributed by atoms with van der Waals surface area (Å²) in [7, 11) is 0. The van der Waals surface area contributed by atoms with E-state index in [9.17, 15) is 9.50 Å². The van der Waals surface area contributed by atoms with Gasteiger partial charge in [0.05, 0.1) is 0 Å². The number of nitrogens with zero attached hydrogens (tertiary/aromatic N) is 1. The van der Waals surface area contributed by atoms with Gasteiger partial charge in [-0.3, -0.25) is 4.90 Å². The molecule has 0 amide bonds. The van der Waals surface area contributed by atoms with Crippen LogP contribution >= 0.6 is 0 Å². The number of hydrogen-bond acceptors (Lipinski definition) is 2. The van der Waals surface area contributed by atoms with E-state index in [1.54, 1.807) is 0 Å². The summed E-state index contributed by atoms with van der Waals surface area (Å²) in [5.74, 6) is -0.0857. The topological polar surface area (TPSA) is 23.5 Å². The highest BCUT2D eigenvalue weighted by Gasteiger charge is 2.27. The van der Waals surface area contributed by atoms with Crippen LogP contribution in [0.15, 0.2) is 18.2 Å². The molecule has 0 radical (unpaired) electrons. The largest absolute Gasteiger partial charge is 0.508 e. The maximum absolute atomic E-state index is 13.3. The van der Waals surface area contributed by atoms with E-state index in [-0.39, 0.29) is 17.6 Å². The van der Waals surface area contributed by atoms with Crippen molar-refractivity contribution in [1.82, 2.24) is 4.90 Å². The maximum atomic E-state index is 13.3. The van der Waals surface area contributed by atoms with E-state index in [1.165, 1.54) is 43.9 Å². The van der Waals surface area contributed by atoms with E-state index < -0.39 is 0 Å². The molecule has 1 saturated carbocycles. The van der Waals surface area contributed by atoms with Crippen molar-refractivity contribution < 1.29 is 9.50 Å². The van der Waals surface area contributed by atoms with Gasteiger partial charge in [-0.25, -0.2) is 4.39 Å². The first-order valence-electron chi connectivity index (χ1n) is 6.87. The minimum Gasteiger partial charge on any atom is -0.508 e. The molecule has 2 nitrogen and oxygen atoms in total. The minimum atomic E-state index is -0.280. The van der Waals surface area contributed by atoms with Crippen LogP contribution in [0.4, 0.5) is 4.39 Å². The number of phenols is 1. The lowest BCUT2D eigenvalue weighted by atomic mass is 10.0. The Bertz CT molecular complexity index is 401. The van der Waals surface area contributed by atoms with Crippen molar-refractivity contribution in [3.05, 3.63) is 29.6 Å². The van der Waals surface area contributed by atoms with Crippen LogP contribution in [0.25, 0.3) is 0 Å². The molecule has 1 aromatic carbocycles. The normalized spacial score (nSPS) is 18.4. The molecule has 18 heavy (non-hydrogen) atoms. The second-order valence-electron chi connectivity index (χ2n) is 5.15. The third kappa shape index (κ3) is 2.66. The summed E-state index contributed by atoms with van der Waals surface area (Å²) >= 11 is 0. The van der Waals surface area contributed by atoms with E-state index in [0.717, 1.165) is 6.54 Å². The van der Waals surface area contributed by atoms with E-state index in [1.807, 2.05) is 0 Å². The molecule has 0 spiro atoms. The third-order valence-corrected chi connectivity index (χ3v) is 4.10. The van der Waals surface area contributed by atoms with Crippen LogP contribution in [-0.2, 0) is 0 Å². The Kier molecular flexibility index (Phi) is 4.23. The zero-order chi connectivity index (χ0) is 13.1. The molecule has 0 aliphatic heterocycles. The Morgan fingerprint density at radius 1 is 1.39 bits per heavy atom. The third-order valence-electron chi connectivity index (χ3n) is 4.10. The Hall–Kier alpha value is -1.09. The Morgan fingerprint density at radius 2 is 2.06 bits per heavy atom. The first-order valence-corrected chi connectivity index (χ1v) is 6.87. The summed E-state index contributed by atoms with van der Waals surface area (Å²) in [5, 5.41) is 9.90. The molecule has 0 bridgehead atoms. The van der Waals surface area contributed by atoms with Gasteiger partial charge < -0.3 is 5.11 Å². The first-order chi connectivity index (χ1) is 8.63. The van der Waals surface area contributed by atoms with Crippen LogP contribution in [0.2, 0.25) is 0 Å². The zero-order valence-corrected chi connectivity index (χ0v) is 11.2. The van der Waals surface area contributed by atoms with Crippen molar-refractivity contribution in [2.75, 3.05) is 6.54 Å². The fourth-order valence-electron chi connectivity index (χ4n) is 3.12. The van der Waals surface area contributed by atoms with Crippen LogP contribution in [0.3, 0.4) is 0 Å². The van der Waals surface area contributed by atoms with E-state index in [0.29, 0.717) is 11.6 Å². The molecular weight excluding hydrogens is 229 g/mol. The van der Waals surface area contributed by atoms with Crippen molar-refractivity contribution >= 4 is 0 Å². The Morgan fingerprint density at radius 3 is 2.67 bits per heavy atom. The molecule has 2 rings (SSSR count). The van der Waals surface area contributed by atoms with Gasteiger partial charge >= 0.3 is 0 Å². The van der Waals surface area contributed by atoms with Crippen molar-refractivity contribution in [2.45, 2.75) is 51.6 Å². The van der Waals surface area contributed by atoms with Gasteiger partial charge in [-0.15, -0.1) is 0 Å². The van der Waals surface area contributed by atoms with Crippen LogP contribution < -0.4 is 0 Å². The maximum Gasteiger partial charge on any atom is 0.123 e. The number of rotatable bonds is 4. The second kappa shape index (κ2) is 5.70. The molecule has 1 fully saturated rings. The lowest BCUT2D eigenvalue weighted by Gasteiger charge is -2.34. The molecule has 1 aliphatic carbocycles. The molecule has 1 unspecified atom stereocenters. The highest BCUT2D eigenvalue weighted by atomic mass is 19.1. The summed E-state index contributed by atoms with van der Waals surface area (Å²) < 4.78 is 13.3. The van der Waals surface area contributed by atoms with Crippen LogP contribution in [0, 0.1) is 5.82 Å².